The van der Waals surface area contributed by atoms with E-state index in [2.05, 4.69) is 44.5 Å². The van der Waals surface area contributed by atoms with E-state index in [1.165, 1.54) is 11.3 Å². The van der Waals surface area contributed by atoms with Crippen LogP contribution in [-0.4, -0.2) is 15.0 Å². The Kier molecular flexibility index (Phi) is 3.70. The fourth-order valence-corrected chi connectivity index (χ4v) is 2.42. The van der Waals surface area contributed by atoms with Crippen molar-refractivity contribution in [1.82, 2.24) is 15.0 Å². The molecule has 0 radical (unpaired) electrons. The lowest BCUT2D eigenvalue weighted by Crippen LogP contribution is -2.04. The van der Waals surface area contributed by atoms with Crippen LogP contribution >= 0.6 is 33.9 Å². The minimum atomic E-state index is 0.558. The number of nitrogen functional groups attached to an aromatic ring is 1. The summed E-state index contributed by atoms with van der Waals surface area (Å²) in [5, 5.41) is 0. The summed E-state index contributed by atoms with van der Waals surface area (Å²) in [6.07, 6.45) is 3.74. The number of nitrogens with two attached hydrogens (primary N) is 1. The van der Waals surface area contributed by atoms with Crippen molar-refractivity contribution in [2.45, 2.75) is 19.8 Å². The quantitative estimate of drug-likeness (QED) is 0.868. The number of halogens is 1. The summed E-state index contributed by atoms with van der Waals surface area (Å²) in [5.74, 6) is 1.24. The lowest BCUT2D eigenvalue weighted by atomic mass is 10.2. The molecule has 0 saturated heterocycles. The Morgan fingerprint density at radius 3 is 2.88 bits per heavy atom. The molecule has 0 aliphatic carbocycles. The van der Waals surface area contributed by atoms with Gasteiger partial charge in [0.1, 0.15) is 5.82 Å². The normalized spacial score (nSPS) is 10.6. The first-order valence-electron chi connectivity index (χ1n) is 4.93. The van der Waals surface area contributed by atoms with Gasteiger partial charge in [-0.1, -0.05) is 13.3 Å². The molecule has 0 aromatic carbocycles. The Morgan fingerprint density at radius 2 is 2.25 bits per heavy atom. The second kappa shape index (κ2) is 5.05. The molecule has 2 N–H and O–H groups in total. The van der Waals surface area contributed by atoms with Crippen LogP contribution in [0.5, 0.6) is 0 Å². The highest BCUT2D eigenvalue weighted by atomic mass is 127. The molecule has 2 aromatic heterocycles. The van der Waals surface area contributed by atoms with E-state index in [1.54, 1.807) is 11.7 Å². The maximum Gasteiger partial charge on any atom is 0.173 e. The Hall–Kier alpha value is -0.760. The monoisotopic (exact) mass is 346 g/mol. The molecule has 2 aromatic rings. The van der Waals surface area contributed by atoms with Gasteiger partial charge in [0.15, 0.2) is 5.82 Å². The van der Waals surface area contributed by atoms with Gasteiger partial charge in [0.25, 0.3) is 0 Å². The molecule has 4 nitrogen and oxygen atoms in total. The third kappa shape index (κ3) is 2.32. The minimum Gasteiger partial charge on any atom is -0.383 e. The number of hydrogen-bond donors (Lipinski definition) is 1. The van der Waals surface area contributed by atoms with Gasteiger partial charge in [-0.25, -0.2) is 9.97 Å². The predicted octanol–water partition coefficient (Wildman–Crippen LogP) is 2.74. The van der Waals surface area contributed by atoms with Crippen molar-refractivity contribution < 1.29 is 0 Å². The van der Waals surface area contributed by atoms with Crippen molar-refractivity contribution >= 4 is 39.7 Å². The van der Waals surface area contributed by atoms with Crippen molar-refractivity contribution in [1.29, 1.82) is 0 Å². The van der Waals surface area contributed by atoms with E-state index in [0.717, 1.165) is 27.0 Å². The molecule has 0 fully saturated rings. The van der Waals surface area contributed by atoms with E-state index in [-0.39, 0.29) is 0 Å². The zero-order valence-electron chi connectivity index (χ0n) is 8.77. The fraction of sp³-hybridized carbons (Fsp3) is 0.300. The van der Waals surface area contributed by atoms with Crippen LogP contribution in [0.25, 0.3) is 10.7 Å². The van der Waals surface area contributed by atoms with Crippen LogP contribution in [0.15, 0.2) is 11.7 Å². The zero-order chi connectivity index (χ0) is 11.5. The number of anilines is 1. The Bertz CT molecular complexity index is 484. The largest absolute Gasteiger partial charge is 0.383 e. The molecule has 6 heteroatoms. The van der Waals surface area contributed by atoms with Crippen molar-refractivity contribution in [2.24, 2.45) is 0 Å². The minimum absolute atomic E-state index is 0.558. The van der Waals surface area contributed by atoms with Crippen molar-refractivity contribution in [2.75, 3.05) is 5.73 Å². The van der Waals surface area contributed by atoms with Crippen LogP contribution in [0, 0.1) is 3.57 Å². The number of rotatable bonds is 3. The van der Waals surface area contributed by atoms with E-state index in [0.29, 0.717) is 11.6 Å². The molecule has 2 heterocycles. The van der Waals surface area contributed by atoms with Gasteiger partial charge in [0.2, 0.25) is 0 Å². The van der Waals surface area contributed by atoms with Gasteiger partial charge in [-0.15, -0.1) is 11.3 Å². The Labute approximate surface area is 111 Å². The summed E-state index contributed by atoms with van der Waals surface area (Å²) in [5.41, 5.74) is 8.68. The summed E-state index contributed by atoms with van der Waals surface area (Å²) in [6, 6.07) is 0. The maximum atomic E-state index is 5.88. The molecule has 0 spiro atoms. The topological polar surface area (TPSA) is 64.7 Å². The van der Waals surface area contributed by atoms with Gasteiger partial charge in [0.05, 0.1) is 19.7 Å². The van der Waals surface area contributed by atoms with Crippen LogP contribution < -0.4 is 5.73 Å². The molecule has 2 rings (SSSR count). The second-order valence-corrected chi connectivity index (χ2v) is 5.27. The van der Waals surface area contributed by atoms with E-state index in [1.807, 2.05) is 0 Å². The Morgan fingerprint density at radius 1 is 1.44 bits per heavy atom. The number of nitrogens with zero attached hydrogens (tertiary/aromatic N) is 3. The third-order valence-electron chi connectivity index (χ3n) is 2.08. The van der Waals surface area contributed by atoms with Gasteiger partial charge in [0, 0.05) is 6.20 Å². The van der Waals surface area contributed by atoms with Crippen LogP contribution in [0.2, 0.25) is 0 Å². The first-order chi connectivity index (χ1) is 7.72. The summed E-state index contributed by atoms with van der Waals surface area (Å²) in [7, 11) is 0. The smallest absolute Gasteiger partial charge is 0.173 e. The molecule has 0 saturated carbocycles. The maximum absolute atomic E-state index is 5.88. The van der Waals surface area contributed by atoms with Crippen LogP contribution in [0.1, 0.15) is 19.0 Å². The molecular weight excluding hydrogens is 335 g/mol. The standard InChI is InChI=1S/C10H11IN4S/c1-2-3-6-8(11)9(12)15-10(14-6)7-4-13-5-16-7/h4-5H,2-3H2,1H3,(H2,12,14,15). The third-order valence-corrected chi connectivity index (χ3v) is 4.03. The van der Waals surface area contributed by atoms with Crippen molar-refractivity contribution in [3.63, 3.8) is 0 Å². The van der Waals surface area contributed by atoms with Crippen molar-refractivity contribution in [3.8, 4) is 10.7 Å². The van der Waals surface area contributed by atoms with Crippen molar-refractivity contribution in [3.05, 3.63) is 21.0 Å². The number of aromatic nitrogens is 3. The fourth-order valence-electron chi connectivity index (χ4n) is 1.35. The predicted molar refractivity (Wildman–Crippen MR) is 74.3 cm³/mol. The van der Waals surface area contributed by atoms with Crippen LogP contribution in [0.3, 0.4) is 0 Å². The SMILES string of the molecule is CCCc1nc(-c2cncs2)nc(N)c1I. The summed E-state index contributed by atoms with van der Waals surface area (Å²) in [6.45, 7) is 2.13. The second-order valence-electron chi connectivity index (χ2n) is 3.31. The molecular formula is C10H11IN4S. The molecule has 0 aliphatic heterocycles. The number of hydrogen-bond acceptors (Lipinski definition) is 5. The first-order valence-corrected chi connectivity index (χ1v) is 6.89. The average Bonchev–Trinajstić information content (AvgIpc) is 2.78. The van der Waals surface area contributed by atoms with Gasteiger partial charge >= 0.3 is 0 Å². The van der Waals surface area contributed by atoms with Gasteiger partial charge in [-0.2, -0.15) is 0 Å². The highest BCUT2D eigenvalue weighted by Crippen LogP contribution is 2.24. The highest BCUT2D eigenvalue weighted by Gasteiger charge is 2.11. The van der Waals surface area contributed by atoms with E-state index in [4.69, 9.17) is 5.73 Å². The molecule has 0 amide bonds. The molecule has 0 bridgehead atoms. The van der Waals surface area contributed by atoms with Crippen LogP contribution in [-0.2, 0) is 6.42 Å². The lowest BCUT2D eigenvalue weighted by molar-refractivity contribution is 0.869. The summed E-state index contributed by atoms with van der Waals surface area (Å²) >= 11 is 3.72. The van der Waals surface area contributed by atoms with Gasteiger partial charge < -0.3 is 5.73 Å². The molecule has 0 atom stereocenters. The van der Waals surface area contributed by atoms with E-state index < -0.39 is 0 Å². The zero-order valence-corrected chi connectivity index (χ0v) is 11.7. The highest BCUT2D eigenvalue weighted by molar-refractivity contribution is 14.1. The number of aryl methyl sites for hydroxylation is 1. The van der Waals surface area contributed by atoms with Gasteiger partial charge in [-0.05, 0) is 29.0 Å². The van der Waals surface area contributed by atoms with Crippen LogP contribution in [0.4, 0.5) is 5.82 Å². The average molecular weight is 346 g/mol. The Balaban J connectivity index is 2.48. The summed E-state index contributed by atoms with van der Waals surface area (Å²) in [4.78, 5) is 13.8. The summed E-state index contributed by atoms with van der Waals surface area (Å²) < 4.78 is 0.965. The van der Waals surface area contributed by atoms with E-state index in [9.17, 15) is 0 Å². The van der Waals surface area contributed by atoms with E-state index >= 15 is 0 Å². The molecule has 0 unspecified atom stereocenters. The first kappa shape index (κ1) is 11.7. The molecule has 84 valence electrons. The molecule has 0 aliphatic rings. The number of thiazole rings is 1. The lowest BCUT2D eigenvalue weighted by Gasteiger charge is -2.06. The van der Waals surface area contributed by atoms with Gasteiger partial charge in [-0.3, -0.25) is 4.98 Å². The molecule has 16 heavy (non-hydrogen) atoms.